The van der Waals surface area contributed by atoms with Gasteiger partial charge in [-0.2, -0.15) is 0 Å². The van der Waals surface area contributed by atoms with Gasteiger partial charge in [0.25, 0.3) is 0 Å². The molecule has 0 saturated carbocycles. The van der Waals surface area contributed by atoms with Crippen molar-refractivity contribution in [2.24, 2.45) is 0 Å². The molecule has 0 spiro atoms. The molecule has 6 heteroatoms. The van der Waals surface area contributed by atoms with Crippen molar-refractivity contribution in [3.63, 3.8) is 0 Å². The second-order valence-electron chi connectivity index (χ2n) is 3.52. The van der Waals surface area contributed by atoms with E-state index in [4.69, 9.17) is 0 Å². The van der Waals surface area contributed by atoms with Crippen molar-refractivity contribution < 1.29 is 13.2 Å². The predicted molar refractivity (Wildman–Crippen MR) is 60.6 cm³/mol. The van der Waals surface area contributed by atoms with Gasteiger partial charge in [-0.3, -0.25) is 0 Å². The summed E-state index contributed by atoms with van der Waals surface area (Å²) in [6, 6.07) is -0.225. The third-order valence-electron chi connectivity index (χ3n) is 1.79. The molecule has 0 unspecified atom stereocenters. The fraction of sp³-hybridized carbons (Fsp3) is 0.889. The molecule has 0 aliphatic rings. The average Bonchev–Trinajstić information content (AvgIpc) is 2.11. The summed E-state index contributed by atoms with van der Waals surface area (Å²) < 4.78 is 21.5. The standard InChI is InChI=1S/C9H20N2O3S/c1-3-4-6-10-9(12)11-7-5-8-15(2,13)14/h3-8H2,1-2H3,(H2,10,11,12). The lowest BCUT2D eigenvalue weighted by molar-refractivity contribution is 0.241. The van der Waals surface area contributed by atoms with Crippen LogP contribution in [-0.2, 0) is 9.84 Å². The first-order valence-corrected chi connectivity index (χ1v) is 7.21. The van der Waals surface area contributed by atoms with Crippen LogP contribution < -0.4 is 10.6 Å². The number of carbonyl (C=O) groups is 1. The largest absolute Gasteiger partial charge is 0.338 e. The molecular formula is C9H20N2O3S. The number of unbranched alkanes of at least 4 members (excludes halogenated alkanes) is 1. The smallest absolute Gasteiger partial charge is 0.314 e. The first-order valence-electron chi connectivity index (χ1n) is 5.15. The van der Waals surface area contributed by atoms with Gasteiger partial charge in [0.2, 0.25) is 0 Å². The van der Waals surface area contributed by atoms with Gasteiger partial charge in [-0.15, -0.1) is 0 Å². The molecule has 2 N–H and O–H groups in total. The van der Waals surface area contributed by atoms with Crippen LogP contribution in [0.3, 0.4) is 0 Å². The van der Waals surface area contributed by atoms with Crippen molar-refractivity contribution >= 4 is 15.9 Å². The summed E-state index contributed by atoms with van der Waals surface area (Å²) in [7, 11) is -2.91. The summed E-state index contributed by atoms with van der Waals surface area (Å²) in [5.74, 6) is 0.113. The maximum Gasteiger partial charge on any atom is 0.314 e. The molecule has 0 aromatic heterocycles. The Bertz CT molecular complexity index is 275. The molecule has 5 nitrogen and oxygen atoms in total. The molecule has 0 aromatic carbocycles. The maximum atomic E-state index is 11.1. The second-order valence-corrected chi connectivity index (χ2v) is 5.78. The third kappa shape index (κ3) is 11.1. The van der Waals surface area contributed by atoms with Crippen molar-refractivity contribution in [2.75, 3.05) is 25.1 Å². The molecule has 0 aromatic rings. The van der Waals surface area contributed by atoms with Gasteiger partial charge in [0.15, 0.2) is 0 Å². The molecule has 0 aliphatic heterocycles. The highest BCUT2D eigenvalue weighted by atomic mass is 32.2. The predicted octanol–water partition coefficient (Wildman–Crippen LogP) is 0.520. The van der Waals surface area contributed by atoms with Crippen molar-refractivity contribution in [3.05, 3.63) is 0 Å². The number of amides is 2. The molecule has 90 valence electrons. The Morgan fingerprint density at radius 1 is 1.13 bits per heavy atom. The highest BCUT2D eigenvalue weighted by Gasteiger charge is 2.02. The molecule has 0 rings (SSSR count). The summed E-state index contributed by atoms with van der Waals surface area (Å²) in [4.78, 5) is 11.1. The molecule has 0 atom stereocenters. The molecule has 0 heterocycles. The van der Waals surface area contributed by atoms with Crippen LogP contribution in [0.25, 0.3) is 0 Å². The Hall–Kier alpha value is -0.780. The van der Waals surface area contributed by atoms with E-state index in [9.17, 15) is 13.2 Å². The van der Waals surface area contributed by atoms with Crippen LogP contribution in [0.5, 0.6) is 0 Å². The molecule has 0 aliphatic carbocycles. The Kier molecular flexibility index (Phi) is 7.11. The fourth-order valence-corrected chi connectivity index (χ4v) is 1.65. The Morgan fingerprint density at radius 3 is 2.13 bits per heavy atom. The normalized spacial score (nSPS) is 11.1. The summed E-state index contributed by atoms with van der Waals surface area (Å²) >= 11 is 0. The second kappa shape index (κ2) is 7.50. The van der Waals surface area contributed by atoms with Crippen LogP contribution >= 0.6 is 0 Å². The van der Waals surface area contributed by atoms with Crippen LogP contribution in [0, 0.1) is 0 Å². The van der Waals surface area contributed by atoms with Crippen molar-refractivity contribution in [1.29, 1.82) is 0 Å². The summed E-state index contributed by atoms with van der Waals surface area (Å²) in [5.41, 5.74) is 0. The quantitative estimate of drug-likeness (QED) is 0.633. The highest BCUT2D eigenvalue weighted by Crippen LogP contribution is 1.87. The summed E-state index contributed by atoms with van der Waals surface area (Å²) in [6.45, 7) is 3.10. The van der Waals surface area contributed by atoms with E-state index in [0.717, 1.165) is 12.8 Å². The van der Waals surface area contributed by atoms with E-state index in [1.165, 1.54) is 6.26 Å². The zero-order chi connectivity index (χ0) is 11.7. The van der Waals surface area contributed by atoms with Gasteiger partial charge < -0.3 is 10.6 Å². The lowest BCUT2D eigenvalue weighted by atomic mass is 10.3. The Morgan fingerprint density at radius 2 is 1.67 bits per heavy atom. The summed E-state index contributed by atoms with van der Waals surface area (Å²) in [6.07, 6.45) is 3.64. The Balaban J connectivity index is 3.39. The van der Waals surface area contributed by atoms with Gasteiger partial charge >= 0.3 is 6.03 Å². The SMILES string of the molecule is CCCCNC(=O)NCCCS(C)(=O)=O. The average molecular weight is 236 g/mol. The van der Waals surface area contributed by atoms with E-state index >= 15 is 0 Å². The van der Waals surface area contributed by atoms with Crippen molar-refractivity contribution in [2.45, 2.75) is 26.2 Å². The number of urea groups is 1. The molecule has 0 bridgehead atoms. The van der Waals surface area contributed by atoms with E-state index in [1.807, 2.05) is 6.92 Å². The van der Waals surface area contributed by atoms with Crippen LogP contribution in [0.1, 0.15) is 26.2 Å². The van der Waals surface area contributed by atoms with E-state index in [1.54, 1.807) is 0 Å². The van der Waals surface area contributed by atoms with E-state index in [-0.39, 0.29) is 11.8 Å². The number of sulfone groups is 1. The maximum absolute atomic E-state index is 11.1. The number of rotatable bonds is 7. The van der Waals surface area contributed by atoms with E-state index in [2.05, 4.69) is 10.6 Å². The topological polar surface area (TPSA) is 75.3 Å². The zero-order valence-corrected chi connectivity index (χ0v) is 10.2. The number of hydrogen-bond acceptors (Lipinski definition) is 3. The van der Waals surface area contributed by atoms with Gasteiger partial charge in [-0.25, -0.2) is 13.2 Å². The van der Waals surface area contributed by atoms with Crippen LogP contribution in [-0.4, -0.2) is 39.5 Å². The minimum Gasteiger partial charge on any atom is -0.338 e. The minimum atomic E-state index is -2.91. The van der Waals surface area contributed by atoms with Gasteiger partial charge in [-0.1, -0.05) is 13.3 Å². The molecule has 0 radical (unpaired) electrons. The Labute approximate surface area is 91.5 Å². The van der Waals surface area contributed by atoms with Gasteiger partial charge in [0, 0.05) is 19.3 Å². The van der Waals surface area contributed by atoms with E-state index in [0.29, 0.717) is 19.5 Å². The van der Waals surface area contributed by atoms with Gasteiger partial charge in [0.1, 0.15) is 9.84 Å². The lowest BCUT2D eigenvalue weighted by Gasteiger charge is -2.06. The fourth-order valence-electron chi connectivity index (χ4n) is 0.977. The molecule has 2 amide bonds. The minimum absolute atomic E-state index is 0.113. The number of hydrogen-bond donors (Lipinski definition) is 2. The van der Waals surface area contributed by atoms with Crippen LogP contribution in [0.15, 0.2) is 0 Å². The van der Waals surface area contributed by atoms with E-state index < -0.39 is 9.84 Å². The molecular weight excluding hydrogens is 216 g/mol. The number of carbonyl (C=O) groups excluding carboxylic acids is 1. The summed E-state index contributed by atoms with van der Waals surface area (Å²) in [5, 5.41) is 5.28. The monoisotopic (exact) mass is 236 g/mol. The van der Waals surface area contributed by atoms with Crippen molar-refractivity contribution in [3.8, 4) is 0 Å². The number of nitrogens with one attached hydrogen (secondary N) is 2. The highest BCUT2D eigenvalue weighted by molar-refractivity contribution is 7.90. The molecule has 15 heavy (non-hydrogen) atoms. The first kappa shape index (κ1) is 14.2. The molecule has 0 saturated heterocycles. The lowest BCUT2D eigenvalue weighted by Crippen LogP contribution is -2.36. The zero-order valence-electron chi connectivity index (χ0n) is 9.38. The van der Waals surface area contributed by atoms with Gasteiger partial charge in [0.05, 0.1) is 5.75 Å². The van der Waals surface area contributed by atoms with Gasteiger partial charge in [-0.05, 0) is 12.8 Å². The van der Waals surface area contributed by atoms with Crippen LogP contribution in [0.4, 0.5) is 4.79 Å². The first-order chi connectivity index (χ1) is 6.95. The van der Waals surface area contributed by atoms with Crippen molar-refractivity contribution in [1.82, 2.24) is 10.6 Å². The molecule has 0 fully saturated rings. The third-order valence-corrected chi connectivity index (χ3v) is 2.82. The van der Waals surface area contributed by atoms with Crippen LogP contribution in [0.2, 0.25) is 0 Å².